The highest BCUT2D eigenvalue weighted by molar-refractivity contribution is 5.90. The molecule has 1 aliphatic carbocycles. The van der Waals surface area contributed by atoms with Crippen LogP contribution < -0.4 is 10.6 Å². The molecule has 2 N–H and O–H groups in total. The smallest absolute Gasteiger partial charge is 0.322 e. The first-order chi connectivity index (χ1) is 11.2. The highest BCUT2D eigenvalue weighted by Crippen LogP contribution is 2.28. The first kappa shape index (κ1) is 15.6. The number of benzene rings is 1. The fourth-order valence-corrected chi connectivity index (χ4v) is 2.91. The highest BCUT2D eigenvalue weighted by atomic mass is 16.2. The Labute approximate surface area is 136 Å². The molecule has 0 spiro atoms. The van der Waals surface area contributed by atoms with Crippen molar-refractivity contribution in [1.29, 1.82) is 0 Å². The van der Waals surface area contributed by atoms with Crippen molar-refractivity contribution in [3.05, 3.63) is 29.8 Å². The van der Waals surface area contributed by atoms with Gasteiger partial charge in [0.2, 0.25) is 0 Å². The number of urea groups is 2. The van der Waals surface area contributed by atoms with Gasteiger partial charge in [-0.2, -0.15) is 0 Å². The van der Waals surface area contributed by atoms with E-state index < -0.39 is 0 Å². The monoisotopic (exact) mass is 316 g/mol. The van der Waals surface area contributed by atoms with Crippen molar-refractivity contribution in [3.8, 4) is 0 Å². The standard InChI is InChI=1S/C17H24N4O2/c1-2-10-21(14-7-8-14)17(23)19-15-6-4-3-5-13(15)12-20-11-9-18-16(20)22/h3-6,14H,2,7-12H2,1H3,(H,18,22)(H,19,23). The van der Waals surface area contributed by atoms with Gasteiger partial charge < -0.3 is 20.4 Å². The third-order valence-corrected chi connectivity index (χ3v) is 4.28. The number of nitrogens with one attached hydrogen (secondary N) is 2. The van der Waals surface area contributed by atoms with Crippen LogP contribution in [0.5, 0.6) is 0 Å². The predicted molar refractivity (Wildman–Crippen MR) is 89.3 cm³/mol. The Morgan fingerprint density at radius 1 is 1.39 bits per heavy atom. The topological polar surface area (TPSA) is 64.7 Å². The van der Waals surface area contributed by atoms with Crippen molar-refractivity contribution < 1.29 is 9.59 Å². The van der Waals surface area contributed by atoms with E-state index in [0.717, 1.165) is 37.1 Å². The van der Waals surface area contributed by atoms with E-state index in [2.05, 4.69) is 17.6 Å². The van der Waals surface area contributed by atoms with Gasteiger partial charge in [-0.15, -0.1) is 0 Å². The lowest BCUT2D eigenvalue weighted by atomic mass is 10.1. The van der Waals surface area contributed by atoms with Crippen LogP contribution in [0.25, 0.3) is 0 Å². The molecular formula is C17H24N4O2. The van der Waals surface area contributed by atoms with Gasteiger partial charge in [0.25, 0.3) is 0 Å². The van der Waals surface area contributed by atoms with E-state index in [1.807, 2.05) is 29.2 Å². The molecule has 1 aliphatic heterocycles. The van der Waals surface area contributed by atoms with E-state index in [0.29, 0.717) is 25.7 Å². The maximum atomic E-state index is 12.6. The zero-order valence-electron chi connectivity index (χ0n) is 13.5. The average Bonchev–Trinajstić information content (AvgIpc) is 3.30. The summed E-state index contributed by atoms with van der Waals surface area (Å²) >= 11 is 0. The number of amides is 4. The van der Waals surface area contributed by atoms with Crippen molar-refractivity contribution in [1.82, 2.24) is 15.1 Å². The largest absolute Gasteiger partial charge is 0.336 e. The summed E-state index contributed by atoms with van der Waals surface area (Å²) in [5.74, 6) is 0. The van der Waals surface area contributed by atoms with Gasteiger partial charge in [0.15, 0.2) is 0 Å². The maximum absolute atomic E-state index is 12.6. The number of anilines is 1. The number of carbonyl (C=O) groups excluding carboxylic acids is 2. The predicted octanol–water partition coefficient (Wildman–Crippen LogP) is 2.62. The Morgan fingerprint density at radius 2 is 2.17 bits per heavy atom. The second kappa shape index (κ2) is 6.89. The molecule has 124 valence electrons. The van der Waals surface area contributed by atoms with Gasteiger partial charge in [0, 0.05) is 37.9 Å². The molecular weight excluding hydrogens is 292 g/mol. The van der Waals surface area contributed by atoms with E-state index in [9.17, 15) is 9.59 Å². The van der Waals surface area contributed by atoms with E-state index in [4.69, 9.17) is 0 Å². The Balaban J connectivity index is 1.69. The van der Waals surface area contributed by atoms with Crippen molar-refractivity contribution >= 4 is 17.7 Å². The SMILES string of the molecule is CCCN(C(=O)Nc1ccccc1CN1CCNC1=O)C1CC1. The molecule has 1 saturated carbocycles. The quantitative estimate of drug-likeness (QED) is 0.847. The molecule has 23 heavy (non-hydrogen) atoms. The number of hydrogen-bond donors (Lipinski definition) is 2. The molecule has 0 bridgehead atoms. The van der Waals surface area contributed by atoms with Gasteiger partial charge in [-0.25, -0.2) is 9.59 Å². The number of para-hydroxylation sites is 1. The number of hydrogen-bond acceptors (Lipinski definition) is 2. The summed E-state index contributed by atoms with van der Waals surface area (Å²) in [6.07, 6.45) is 3.16. The zero-order valence-corrected chi connectivity index (χ0v) is 13.5. The summed E-state index contributed by atoms with van der Waals surface area (Å²) in [6.45, 7) is 4.76. The van der Waals surface area contributed by atoms with Crippen molar-refractivity contribution in [3.63, 3.8) is 0 Å². The Morgan fingerprint density at radius 3 is 2.83 bits per heavy atom. The van der Waals surface area contributed by atoms with Crippen LogP contribution in [0.2, 0.25) is 0 Å². The summed E-state index contributed by atoms with van der Waals surface area (Å²) < 4.78 is 0. The maximum Gasteiger partial charge on any atom is 0.322 e. The normalized spacial score (nSPS) is 17.1. The Kier molecular flexibility index (Phi) is 4.69. The molecule has 2 aliphatic rings. The molecule has 1 heterocycles. The van der Waals surface area contributed by atoms with Crippen LogP contribution in [0, 0.1) is 0 Å². The van der Waals surface area contributed by atoms with Gasteiger partial charge >= 0.3 is 12.1 Å². The van der Waals surface area contributed by atoms with Gasteiger partial charge in [-0.3, -0.25) is 0 Å². The lowest BCUT2D eigenvalue weighted by Crippen LogP contribution is -2.37. The number of nitrogens with zero attached hydrogens (tertiary/aromatic N) is 2. The van der Waals surface area contributed by atoms with E-state index in [1.54, 1.807) is 4.90 Å². The van der Waals surface area contributed by atoms with Gasteiger partial charge in [-0.05, 0) is 30.9 Å². The van der Waals surface area contributed by atoms with E-state index >= 15 is 0 Å². The molecule has 1 aromatic carbocycles. The molecule has 1 aromatic rings. The Bertz CT molecular complexity index is 586. The molecule has 0 atom stereocenters. The molecule has 6 heteroatoms. The summed E-state index contributed by atoms with van der Waals surface area (Å²) in [5, 5.41) is 5.83. The first-order valence-corrected chi connectivity index (χ1v) is 8.37. The summed E-state index contributed by atoms with van der Waals surface area (Å²) in [7, 11) is 0. The summed E-state index contributed by atoms with van der Waals surface area (Å²) in [5.41, 5.74) is 1.75. The van der Waals surface area contributed by atoms with Crippen LogP contribution >= 0.6 is 0 Å². The third-order valence-electron chi connectivity index (χ3n) is 4.28. The number of carbonyl (C=O) groups is 2. The van der Waals surface area contributed by atoms with Gasteiger partial charge in [0.1, 0.15) is 0 Å². The Hall–Kier alpha value is -2.24. The fourth-order valence-electron chi connectivity index (χ4n) is 2.91. The molecule has 3 rings (SSSR count). The van der Waals surface area contributed by atoms with Crippen LogP contribution in [0.15, 0.2) is 24.3 Å². The lowest BCUT2D eigenvalue weighted by Gasteiger charge is -2.24. The second-order valence-electron chi connectivity index (χ2n) is 6.17. The minimum atomic E-state index is -0.0447. The minimum absolute atomic E-state index is 0.0346. The molecule has 6 nitrogen and oxygen atoms in total. The van der Waals surface area contributed by atoms with Crippen molar-refractivity contribution in [2.75, 3.05) is 25.0 Å². The van der Waals surface area contributed by atoms with Crippen LogP contribution in [0.3, 0.4) is 0 Å². The molecule has 0 aromatic heterocycles. The number of rotatable bonds is 6. The molecule has 0 unspecified atom stereocenters. The molecule has 0 radical (unpaired) electrons. The molecule has 4 amide bonds. The lowest BCUT2D eigenvalue weighted by molar-refractivity contribution is 0.209. The molecule has 1 saturated heterocycles. The van der Waals surface area contributed by atoms with Crippen LogP contribution in [-0.4, -0.2) is 47.5 Å². The van der Waals surface area contributed by atoms with Gasteiger partial charge in [0.05, 0.1) is 0 Å². The summed E-state index contributed by atoms with van der Waals surface area (Å²) in [6, 6.07) is 8.02. The average molecular weight is 316 g/mol. The zero-order chi connectivity index (χ0) is 16.2. The van der Waals surface area contributed by atoms with Crippen LogP contribution in [0.1, 0.15) is 31.7 Å². The van der Waals surface area contributed by atoms with E-state index in [1.165, 1.54) is 0 Å². The minimum Gasteiger partial charge on any atom is -0.336 e. The second-order valence-corrected chi connectivity index (χ2v) is 6.17. The molecule has 2 fully saturated rings. The first-order valence-electron chi connectivity index (χ1n) is 8.37. The van der Waals surface area contributed by atoms with Gasteiger partial charge in [-0.1, -0.05) is 25.1 Å². The van der Waals surface area contributed by atoms with Crippen molar-refractivity contribution in [2.24, 2.45) is 0 Å². The third kappa shape index (κ3) is 3.75. The summed E-state index contributed by atoms with van der Waals surface area (Å²) in [4.78, 5) is 28.0. The fraction of sp³-hybridized carbons (Fsp3) is 0.529. The van der Waals surface area contributed by atoms with E-state index in [-0.39, 0.29) is 12.1 Å². The van der Waals surface area contributed by atoms with Crippen LogP contribution in [-0.2, 0) is 6.54 Å². The highest BCUT2D eigenvalue weighted by Gasteiger charge is 2.32. The van der Waals surface area contributed by atoms with Crippen LogP contribution in [0.4, 0.5) is 15.3 Å². The van der Waals surface area contributed by atoms with Crippen molar-refractivity contribution in [2.45, 2.75) is 38.8 Å².